The number of aromatic nitrogens is 2. The maximum absolute atomic E-state index is 13.5. The standard InChI is InChI=1S/C29H32N4O3S3/c1-3-4-16-32-28(34)26(38-29(32)37)18-23-20-33(24-12-6-5-7-13-24)30-27(23)22-11-8-14-25(17-22)39(35,36)31-15-9-10-21(2)19-31/h5-8,11-14,17-18,20-21H,3-4,9-10,15-16,19H2,1-2H3/b26-18-. The molecule has 0 radical (unpaired) electrons. The van der Waals surface area contributed by atoms with Crippen LogP contribution in [-0.4, -0.2) is 57.3 Å². The number of carbonyl (C=O) groups is 1. The van der Waals surface area contributed by atoms with Crippen molar-refractivity contribution >= 4 is 50.3 Å². The number of hydrogen-bond donors (Lipinski definition) is 0. The van der Waals surface area contributed by atoms with Crippen molar-refractivity contribution in [1.29, 1.82) is 0 Å². The molecule has 10 heteroatoms. The van der Waals surface area contributed by atoms with Gasteiger partial charge in [-0.1, -0.05) is 74.6 Å². The van der Waals surface area contributed by atoms with Crippen molar-refractivity contribution in [3.8, 4) is 16.9 Å². The molecular formula is C29H32N4O3S3. The molecule has 2 fully saturated rings. The van der Waals surface area contributed by atoms with Gasteiger partial charge >= 0.3 is 0 Å². The van der Waals surface area contributed by atoms with Crippen LogP contribution < -0.4 is 0 Å². The maximum Gasteiger partial charge on any atom is 0.266 e. The summed E-state index contributed by atoms with van der Waals surface area (Å²) >= 11 is 6.79. The van der Waals surface area contributed by atoms with E-state index in [1.807, 2.05) is 48.7 Å². The van der Waals surface area contributed by atoms with Crippen molar-refractivity contribution in [1.82, 2.24) is 19.0 Å². The molecule has 5 rings (SSSR count). The normalized spacial score (nSPS) is 19.8. The molecule has 0 spiro atoms. The van der Waals surface area contributed by atoms with Crippen molar-refractivity contribution in [2.24, 2.45) is 5.92 Å². The predicted octanol–water partition coefficient (Wildman–Crippen LogP) is 5.96. The number of nitrogens with zero attached hydrogens (tertiary/aromatic N) is 4. The van der Waals surface area contributed by atoms with Crippen molar-refractivity contribution in [3.63, 3.8) is 0 Å². The molecule has 2 aliphatic heterocycles. The van der Waals surface area contributed by atoms with Crippen LogP contribution in [0.4, 0.5) is 0 Å². The van der Waals surface area contributed by atoms with Crippen LogP contribution in [0, 0.1) is 5.92 Å². The number of piperidine rings is 1. The fourth-order valence-electron chi connectivity index (χ4n) is 4.90. The average molecular weight is 581 g/mol. The molecule has 0 bridgehead atoms. The van der Waals surface area contributed by atoms with E-state index in [-0.39, 0.29) is 10.8 Å². The topological polar surface area (TPSA) is 75.5 Å². The van der Waals surface area contributed by atoms with Gasteiger partial charge in [0, 0.05) is 37.0 Å². The van der Waals surface area contributed by atoms with Gasteiger partial charge < -0.3 is 0 Å². The molecule has 3 aromatic rings. The number of sulfonamides is 1. The first-order valence-corrected chi connectivity index (χ1v) is 16.0. The van der Waals surface area contributed by atoms with Crippen LogP contribution in [0.15, 0.2) is 70.6 Å². The molecule has 3 heterocycles. The lowest BCUT2D eigenvalue weighted by molar-refractivity contribution is -0.122. The van der Waals surface area contributed by atoms with E-state index in [1.165, 1.54) is 11.8 Å². The van der Waals surface area contributed by atoms with Gasteiger partial charge in [-0.15, -0.1) is 0 Å². The van der Waals surface area contributed by atoms with Crippen molar-refractivity contribution < 1.29 is 13.2 Å². The minimum Gasteiger partial charge on any atom is -0.293 e. The first-order chi connectivity index (χ1) is 18.8. The van der Waals surface area contributed by atoms with Gasteiger partial charge in [0.15, 0.2) is 0 Å². The summed E-state index contributed by atoms with van der Waals surface area (Å²) < 4.78 is 31.0. The van der Waals surface area contributed by atoms with Gasteiger partial charge in [-0.05, 0) is 55.5 Å². The summed E-state index contributed by atoms with van der Waals surface area (Å²) in [5.74, 6) is 0.230. The second kappa shape index (κ2) is 11.8. The molecule has 39 heavy (non-hydrogen) atoms. The lowest BCUT2D eigenvalue weighted by atomic mass is 10.0. The van der Waals surface area contributed by atoms with E-state index < -0.39 is 10.0 Å². The molecule has 0 saturated carbocycles. The highest BCUT2D eigenvalue weighted by Crippen LogP contribution is 2.36. The highest BCUT2D eigenvalue weighted by atomic mass is 32.2. The van der Waals surface area contributed by atoms with Crippen molar-refractivity contribution in [2.75, 3.05) is 19.6 Å². The van der Waals surface area contributed by atoms with E-state index in [2.05, 4.69) is 13.8 Å². The zero-order valence-electron chi connectivity index (χ0n) is 22.1. The second-order valence-corrected chi connectivity index (χ2v) is 13.7. The number of benzene rings is 2. The van der Waals surface area contributed by atoms with Gasteiger partial charge in [-0.25, -0.2) is 13.1 Å². The first kappa shape index (κ1) is 27.8. The fraction of sp³-hybridized carbons (Fsp3) is 0.345. The van der Waals surface area contributed by atoms with Crippen molar-refractivity contribution in [2.45, 2.75) is 44.4 Å². The van der Waals surface area contributed by atoms with Gasteiger partial charge in [-0.3, -0.25) is 9.69 Å². The van der Waals surface area contributed by atoms with Gasteiger partial charge in [0.1, 0.15) is 10.0 Å². The lowest BCUT2D eigenvalue weighted by Crippen LogP contribution is -2.39. The van der Waals surface area contributed by atoms with E-state index in [0.717, 1.165) is 36.9 Å². The van der Waals surface area contributed by atoms with E-state index in [4.69, 9.17) is 17.3 Å². The third kappa shape index (κ3) is 5.89. The number of carbonyl (C=O) groups excluding carboxylic acids is 1. The Hall–Kier alpha value is -2.79. The Kier molecular flexibility index (Phi) is 8.37. The molecule has 204 valence electrons. The SMILES string of the molecule is CCCCN1C(=O)/C(=C/c2cn(-c3ccccc3)nc2-c2cccc(S(=O)(=O)N3CCCC(C)C3)c2)SC1=S. The summed E-state index contributed by atoms with van der Waals surface area (Å²) in [5.41, 5.74) is 2.85. The number of para-hydroxylation sites is 1. The average Bonchev–Trinajstić information content (AvgIpc) is 3.48. The highest BCUT2D eigenvalue weighted by Gasteiger charge is 2.32. The van der Waals surface area contributed by atoms with Gasteiger partial charge in [0.2, 0.25) is 10.0 Å². The minimum atomic E-state index is -3.64. The molecule has 2 aliphatic rings. The molecule has 0 N–H and O–H groups in total. The number of rotatable bonds is 8. The summed E-state index contributed by atoms with van der Waals surface area (Å²) in [7, 11) is -3.64. The molecule has 2 saturated heterocycles. The maximum atomic E-state index is 13.5. The summed E-state index contributed by atoms with van der Waals surface area (Å²) in [5, 5.41) is 4.85. The van der Waals surface area contributed by atoms with E-state index in [9.17, 15) is 13.2 Å². The van der Waals surface area contributed by atoms with Crippen molar-refractivity contribution in [3.05, 3.63) is 71.3 Å². The minimum absolute atomic E-state index is 0.104. The Labute approximate surface area is 239 Å². The summed E-state index contributed by atoms with van der Waals surface area (Å²) in [6.45, 7) is 5.83. The molecule has 2 aromatic carbocycles. The molecule has 1 aromatic heterocycles. The van der Waals surface area contributed by atoms with Crippen LogP contribution >= 0.6 is 24.0 Å². The van der Waals surface area contributed by atoms with Crippen LogP contribution in [0.25, 0.3) is 23.0 Å². The van der Waals surface area contributed by atoms with Crippen LogP contribution in [0.2, 0.25) is 0 Å². The second-order valence-electron chi connectivity index (χ2n) is 10.0. The molecule has 1 amide bonds. The first-order valence-electron chi connectivity index (χ1n) is 13.3. The monoisotopic (exact) mass is 580 g/mol. The smallest absolute Gasteiger partial charge is 0.266 e. The lowest BCUT2D eigenvalue weighted by Gasteiger charge is -2.30. The number of thiocarbonyl (C=S) groups is 1. The molecule has 7 nitrogen and oxygen atoms in total. The van der Waals surface area contributed by atoms with Gasteiger partial charge in [0.05, 0.1) is 15.5 Å². The summed E-state index contributed by atoms with van der Waals surface area (Å²) in [6, 6.07) is 16.6. The molecule has 1 unspecified atom stereocenters. The van der Waals surface area contributed by atoms with Crippen LogP contribution in [0.1, 0.15) is 45.1 Å². The summed E-state index contributed by atoms with van der Waals surface area (Å²) in [6.07, 6.45) is 7.45. The van der Waals surface area contributed by atoms with Crippen LogP contribution in [0.3, 0.4) is 0 Å². The number of amides is 1. The largest absolute Gasteiger partial charge is 0.293 e. The third-order valence-electron chi connectivity index (χ3n) is 7.02. The Bertz CT molecular complexity index is 1520. The van der Waals surface area contributed by atoms with Gasteiger partial charge in [-0.2, -0.15) is 9.40 Å². The van der Waals surface area contributed by atoms with Crippen LogP contribution in [0.5, 0.6) is 0 Å². The van der Waals surface area contributed by atoms with E-state index >= 15 is 0 Å². The zero-order chi connectivity index (χ0) is 27.6. The highest BCUT2D eigenvalue weighted by molar-refractivity contribution is 8.26. The fourth-order valence-corrected chi connectivity index (χ4v) is 7.84. The number of hydrogen-bond acceptors (Lipinski definition) is 6. The molecular weight excluding hydrogens is 549 g/mol. The Balaban J connectivity index is 1.56. The Morgan fingerprint density at radius 2 is 1.95 bits per heavy atom. The Morgan fingerprint density at radius 1 is 1.15 bits per heavy atom. The van der Waals surface area contributed by atoms with E-state index in [1.54, 1.807) is 32.1 Å². The zero-order valence-corrected chi connectivity index (χ0v) is 24.6. The van der Waals surface area contributed by atoms with Crippen LogP contribution in [-0.2, 0) is 14.8 Å². The van der Waals surface area contributed by atoms with E-state index in [0.29, 0.717) is 46.0 Å². The van der Waals surface area contributed by atoms with Gasteiger partial charge in [0.25, 0.3) is 5.91 Å². The number of thioether (sulfide) groups is 1. The third-order valence-corrected chi connectivity index (χ3v) is 10.3. The number of unbranched alkanes of at least 4 members (excludes halogenated alkanes) is 1. The summed E-state index contributed by atoms with van der Waals surface area (Å²) in [4.78, 5) is 15.6. The quantitative estimate of drug-likeness (QED) is 0.242. The Morgan fingerprint density at radius 3 is 2.69 bits per heavy atom. The molecule has 1 atom stereocenters. The predicted molar refractivity (Wildman–Crippen MR) is 161 cm³/mol. The molecule has 0 aliphatic carbocycles.